The van der Waals surface area contributed by atoms with Gasteiger partial charge in [-0.15, -0.1) is 0 Å². The Morgan fingerprint density at radius 2 is 2.10 bits per heavy atom. The number of aromatic nitrogens is 1. The smallest absolute Gasteiger partial charge is 0.126 e. The summed E-state index contributed by atoms with van der Waals surface area (Å²) in [5, 5.41) is 0. The largest absolute Gasteiger partial charge is 0.493 e. The molecule has 0 aliphatic carbocycles. The predicted octanol–water partition coefficient (Wildman–Crippen LogP) is 3.52. The van der Waals surface area contributed by atoms with Gasteiger partial charge in [-0.25, -0.2) is 4.39 Å². The zero-order valence-electron chi connectivity index (χ0n) is 11.9. The number of benzene rings is 1. The van der Waals surface area contributed by atoms with E-state index in [1.165, 1.54) is 17.8 Å². The Morgan fingerprint density at radius 3 is 2.90 bits per heavy atom. The third kappa shape index (κ3) is 3.72. The first-order chi connectivity index (χ1) is 10.3. The van der Waals surface area contributed by atoms with Gasteiger partial charge in [0, 0.05) is 43.2 Å². The highest BCUT2D eigenvalue weighted by atomic mass is 19.1. The molecule has 0 N–H and O–H groups in total. The summed E-state index contributed by atoms with van der Waals surface area (Å²) < 4.78 is 18.9. The molecule has 0 amide bonds. The van der Waals surface area contributed by atoms with E-state index >= 15 is 0 Å². The van der Waals surface area contributed by atoms with Gasteiger partial charge >= 0.3 is 0 Å². The molecule has 2 heterocycles. The van der Waals surface area contributed by atoms with Crippen LogP contribution in [0.15, 0.2) is 48.8 Å². The van der Waals surface area contributed by atoms with Crippen molar-refractivity contribution in [3.05, 3.63) is 54.6 Å². The van der Waals surface area contributed by atoms with Crippen LogP contribution >= 0.6 is 0 Å². The van der Waals surface area contributed by atoms with Crippen LogP contribution in [-0.2, 0) is 0 Å². The average molecular weight is 286 g/mol. The van der Waals surface area contributed by atoms with Crippen LogP contribution in [0.5, 0.6) is 5.75 Å². The molecule has 3 rings (SSSR count). The van der Waals surface area contributed by atoms with E-state index in [2.05, 4.69) is 9.88 Å². The van der Waals surface area contributed by atoms with Crippen LogP contribution in [0.2, 0.25) is 0 Å². The number of anilines is 1. The van der Waals surface area contributed by atoms with Crippen LogP contribution < -0.4 is 9.64 Å². The van der Waals surface area contributed by atoms with E-state index in [9.17, 15) is 4.39 Å². The van der Waals surface area contributed by atoms with Crippen molar-refractivity contribution in [1.29, 1.82) is 0 Å². The quantitative estimate of drug-likeness (QED) is 0.860. The minimum atomic E-state index is -0.255. The Bertz CT molecular complexity index is 576. The van der Waals surface area contributed by atoms with Gasteiger partial charge in [-0.3, -0.25) is 4.98 Å². The van der Waals surface area contributed by atoms with Crippen LogP contribution in [-0.4, -0.2) is 24.7 Å². The van der Waals surface area contributed by atoms with Gasteiger partial charge < -0.3 is 9.64 Å². The SMILES string of the molecule is Fc1cccc(OC[C@@H]2CCCN(c3ccncc3)C2)c1. The van der Waals surface area contributed by atoms with Gasteiger partial charge in [-0.05, 0) is 37.1 Å². The number of nitrogens with zero attached hydrogens (tertiary/aromatic N) is 2. The number of pyridine rings is 1. The lowest BCUT2D eigenvalue weighted by Gasteiger charge is -2.34. The van der Waals surface area contributed by atoms with Crippen LogP contribution in [0.25, 0.3) is 0 Å². The van der Waals surface area contributed by atoms with Crippen molar-refractivity contribution >= 4 is 5.69 Å². The first-order valence-electron chi connectivity index (χ1n) is 7.34. The molecule has 0 radical (unpaired) electrons. The zero-order chi connectivity index (χ0) is 14.5. The lowest BCUT2D eigenvalue weighted by Crippen LogP contribution is -2.37. The van der Waals surface area contributed by atoms with Crippen LogP contribution in [0.3, 0.4) is 0 Å². The maximum atomic E-state index is 13.1. The topological polar surface area (TPSA) is 25.4 Å². The van der Waals surface area contributed by atoms with Gasteiger partial charge in [-0.1, -0.05) is 6.07 Å². The minimum absolute atomic E-state index is 0.255. The van der Waals surface area contributed by atoms with E-state index in [0.717, 1.165) is 25.9 Å². The standard InChI is InChI=1S/C17H19FN2O/c18-15-4-1-5-17(11-15)21-13-14-3-2-10-20(12-14)16-6-8-19-9-7-16/h1,4-9,11,14H,2-3,10,12-13H2/t14-/m1/s1. The summed E-state index contributed by atoms with van der Waals surface area (Å²) >= 11 is 0. The number of ether oxygens (including phenoxy) is 1. The average Bonchev–Trinajstić information content (AvgIpc) is 2.54. The van der Waals surface area contributed by atoms with Crippen molar-refractivity contribution < 1.29 is 9.13 Å². The van der Waals surface area contributed by atoms with E-state index < -0.39 is 0 Å². The third-order valence-corrected chi connectivity index (χ3v) is 3.83. The predicted molar refractivity (Wildman–Crippen MR) is 81.1 cm³/mol. The van der Waals surface area contributed by atoms with Gasteiger partial charge in [0.05, 0.1) is 6.61 Å². The Labute approximate surface area is 124 Å². The Hall–Kier alpha value is -2.10. The Kier molecular flexibility index (Phi) is 4.34. The number of piperidine rings is 1. The summed E-state index contributed by atoms with van der Waals surface area (Å²) in [6.45, 7) is 2.67. The van der Waals surface area contributed by atoms with E-state index in [0.29, 0.717) is 18.3 Å². The number of hydrogen-bond acceptors (Lipinski definition) is 3. The summed E-state index contributed by atoms with van der Waals surface area (Å²) in [6.07, 6.45) is 5.95. The number of hydrogen-bond donors (Lipinski definition) is 0. The number of halogens is 1. The molecule has 4 heteroatoms. The fourth-order valence-corrected chi connectivity index (χ4v) is 2.76. The van der Waals surface area contributed by atoms with E-state index in [1.54, 1.807) is 12.1 Å². The van der Waals surface area contributed by atoms with Gasteiger partial charge in [0.15, 0.2) is 0 Å². The minimum Gasteiger partial charge on any atom is -0.493 e. The summed E-state index contributed by atoms with van der Waals surface area (Å²) in [5.41, 5.74) is 1.21. The molecule has 0 saturated carbocycles. The highest BCUT2D eigenvalue weighted by Gasteiger charge is 2.20. The van der Waals surface area contributed by atoms with Crippen molar-refractivity contribution in [1.82, 2.24) is 4.98 Å². The molecule has 2 aromatic rings. The van der Waals surface area contributed by atoms with E-state index in [1.807, 2.05) is 24.5 Å². The molecule has 1 saturated heterocycles. The van der Waals surface area contributed by atoms with Gasteiger partial charge in [-0.2, -0.15) is 0 Å². The van der Waals surface area contributed by atoms with Gasteiger partial charge in [0.25, 0.3) is 0 Å². The maximum absolute atomic E-state index is 13.1. The fraction of sp³-hybridized carbons (Fsp3) is 0.353. The number of rotatable bonds is 4. The molecular formula is C17H19FN2O. The summed E-state index contributed by atoms with van der Waals surface area (Å²) in [4.78, 5) is 6.42. The second-order valence-electron chi connectivity index (χ2n) is 5.43. The molecule has 1 aliphatic heterocycles. The van der Waals surface area contributed by atoms with Crippen molar-refractivity contribution in [3.63, 3.8) is 0 Å². The molecule has 1 aliphatic rings. The monoisotopic (exact) mass is 286 g/mol. The molecule has 21 heavy (non-hydrogen) atoms. The normalized spacial score (nSPS) is 18.5. The second kappa shape index (κ2) is 6.57. The summed E-state index contributed by atoms with van der Waals surface area (Å²) in [6, 6.07) is 10.4. The molecular weight excluding hydrogens is 267 g/mol. The van der Waals surface area contributed by atoms with Crippen LogP contribution in [0, 0.1) is 11.7 Å². The molecule has 0 spiro atoms. The lowest BCUT2D eigenvalue weighted by molar-refractivity contribution is 0.228. The first-order valence-corrected chi connectivity index (χ1v) is 7.34. The molecule has 110 valence electrons. The molecule has 0 bridgehead atoms. The van der Waals surface area contributed by atoms with Crippen molar-refractivity contribution in [2.75, 3.05) is 24.6 Å². The van der Waals surface area contributed by atoms with Gasteiger partial charge in [0.1, 0.15) is 11.6 Å². The second-order valence-corrected chi connectivity index (χ2v) is 5.43. The van der Waals surface area contributed by atoms with Crippen molar-refractivity contribution in [2.45, 2.75) is 12.8 Å². The van der Waals surface area contributed by atoms with Crippen LogP contribution in [0.4, 0.5) is 10.1 Å². The van der Waals surface area contributed by atoms with Crippen molar-refractivity contribution in [3.8, 4) is 5.75 Å². The fourth-order valence-electron chi connectivity index (χ4n) is 2.76. The summed E-state index contributed by atoms with van der Waals surface area (Å²) in [5.74, 6) is 0.820. The highest BCUT2D eigenvalue weighted by Crippen LogP contribution is 2.23. The Balaban J connectivity index is 1.57. The first kappa shape index (κ1) is 13.9. The highest BCUT2D eigenvalue weighted by molar-refractivity contribution is 5.44. The molecule has 1 aromatic heterocycles. The molecule has 0 unspecified atom stereocenters. The zero-order valence-corrected chi connectivity index (χ0v) is 11.9. The van der Waals surface area contributed by atoms with E-state index in [-0.39, 0.29) is 5.82 Å². The summed E-state index contributed by atoms with van der Waals surface area (Å²) in [7, 11) is 0. The van der Waals surface area contributed by atoms with Crippen LogP contribution in [0.1, 0.15) is 12.8 Å². The third-order valence-electron chi connectivity index (χ3n) is 3.83. The molecule has 1 aromatic carbocycles. The van der Waals surface area contributed by atoms with E-state index in [4.69, 9.17) is 4.74 Å². The maximum Gasteiger partial charge on any atom is 0.126 e. The molecule has 1 fully saturated rings. The lowest BCUT2D eigenvalue weighted by atomic mass is 9.98. The molecule has 1 atom stereocenters. The van der Waals surface area contributed by atoms with Crippen molar-refractivity contribution in [2.24, 2.45) is 5.92 Å². The van der Waals surface area contributed by atoms with Gasteiger partial charge in [0.2, 0.25) is 0 Å². The Morgan fingerprint density at radius 1 is 1.24 bits per heavy atom. The molecule has 3 nitrogen and oxygen atoms in total.